The highest BCUT2D eigenvalue weighted by atomic mass is 16.5. The van der Waals surface area contributed by atoms with Crippen molar-refractivity contribution < 1.29 is 14.1 Å². The van der Waals surface area contributed by atoms with Gasteiger partial charge in [0.2, 0.25) is 0 Å². The van der Waals surface area contributed by atoms with E-state index in [9.17, 15) is 9.59 Å². The molecule has 1 aromatic heterocycles. The van der Waals surface area contributed by atoms with Gasteiger partial charge in [-0.2, -0.15) is 0 Å². The molecule has 0 aliphatic rings. The Balaban J connectivity index is 2.10. The SMILES string of the molecule is CCc1ccc([C@@H](NC(=O)C(=O)Nc2c(C)noc2C)C(C)C)cc1. The predicted molar refractivity (Wildman–Crippen MR) is 96.1 cm³/mol. The molecule has 134 valence electrons. The van der Waals surface area contributed by atoms with Gasteiger partial charge >= 0.3 is 11.8 Å². The average Bonchev–Trinajstić information content (AvgIpc) is 2.91. The average molecular weight is 343 g/mol. The van der Waals surface area contributed by atoms with Crippen LogP contribution < -0.4 is 10.6 Å². The van der Waals surface area contributed by atoms with E-state index in [1.165, 1.54) is 5.56 Å². The van der Waals surface area contributed by atoms with Crippen LogP contribution in [0.2, 0.25) is 0 Å². The number of hydrogen-bond donors (Lipinski definition) is 2. The molecule has 0 spiro atoms. The summed E-state index contributed by atoms with van der Waals surface area (Å²) < 4.78 is 4.99. The molecule has 6 heteroatoms. The normalized spacial score (nSPS) is 12.1. The molecule has 0 aliphatic heterocycles. The highest BCUT2D eigenvalue weighted by Crippen LogP contribution is 2.23. The summed E-state index contributed by atoms with van der Waals surface area (Å²) in [5.74, 6) is -0.805. The van der Waals surface area contributed by atoms with Crippen LogP contribution in [0, 0.1) is 19.8 Å². The van der Waals surface area contributed by atoms with E-state index in [1.54, 1.807) is 13.8 Å². The molecule has 0 unspecified atom stereocenters. The second kappa shape index (κ2) is 7.96. The summed E-state index contributed by atoms with van der Waals surface area (Å²) in [6, 6.07) is 7.84. The first-order valence-electron chi connectivity index (χ1n) is 8.47. The molecule has 1 atom stereocenters. The van der Waals surface area contributed by atoms with Crippen LogP contribution >= 0.6 is 0 Å². The Labute approximate surface area is 148 Å². The Morgan fingerprint density at radius 1 is 1.12 bits per heavy atom. The number of benzene rings is 1. The van der Waals surface area contributed by atoms with E-state index >= 15 is 0 Å². The van der Waals surface area contributed by atoms with E-state index in [2.05, 4.69) is 22.7 Å². The second-order valence-corrected chi connectivity index (χ2v) is 6.44. The quantitative estimate of drug-likeness (QED) is 0.816. The van der Waals surface area contributed by atoms with Gasteiger partial charge in [0.25, 0.3) is 0 Å². The number of carbonyl (C=O) groups excluding carboxylic acids is 2. The first-order valence-corrected chi connectivity index (χ1v) is 8.47. The molecule has 0 aliphatic carbocycles. The lowest BCUT2D eigenvalue weighted by atomic mass is 9.95. The van der Waals surface area contributed by atoms with Crippen LogP contribution in [0.25, 0.3) is 0 Å². The van der Waals surface area contributed by atoms with Crippen molar-refractivity contribution in [1.29, 1.82) is 0 Å². The zero-order chi connectivity index (χ0) is 18.6. The van der Waals surface area contributed by atoms with Crippen molar-refractivity contribution in [2.45, 2.75) is 47.1 Å². The lowest BCUT2D eigenvalue weighted by molar-refractivity contribution is -0.136. The van der Waals surface area contributed by atoms with Crippen molar-refractivity contribution in [3.63, 3.8) is 0 Å². The minimum Gasteiger partial charge on any atom is -0.359 e. The first-order chi connectivity index (χ1) is 11.8. The number of amides is 2. The summed E-state index contributed by atoms with van der Waals surface area (Å²) in [6.45, 7) is 9.49. The molecule has 25 heavy (non-hydrogen) atoms. The van der Waals surface area contributed by atoms with Gasteiger partial charge < -0.3 is 15.2 Å². The van der Waals surface area contributed by atoms with Crippen molar-refractivity contribution in [1.82, 2.24) is 10.5 Å². The van der Waals surface area contributed by atoms with Crippen LogP contribution in [-0.4, -0.2) is 17.0 Å². The molecule has 0 radical (unpaired) electrons. The van der Waals surface area contributed by atoms with Crippen LogP contribution in [0.5, 0.6) is 0 Å². The number of nitrogens with one attached hydrogen (secondary N) is 2. The summed E-state index contributed by atoms with van der Waals surface area (Å²) in [5, 5.41) is 9.14. The fourth-order valence-corrected chi connectivity index (χ4v) is 2.63. The van der Waals surface area contributed by atoms with E-state index in [1.807, 2.05) is 38.1 Å². The minimum atomic E-state index is -0.731. The fourth-order valence-electron chi connectivity index (χ4n) is 2.63. The number of aryl methyl sites for hydroxylation is 3. The van der Waals surface area contributed by atoms with Crippen LogP contribution in [0.3, 0.4) is 0 Å². The standard InChI is InChI=1S/C19H25N3O3/c1-6-14-7-9-15(10-8-14)16(11(2)3)20-18(23)19(24)21-17-12(4)22-25-13(17)5/h7-11,16H,6H2,1-5H3,(H,20,23)(H,21,24)/t16-/m0/s1. The Morgan fingerprint density at radius 3 is 2.24 bits per heavy atom. The minimum absolute atomic E-state index is 0.142. The monoisotopic (exact) mass is 343 g/mol. The van der Waals surface area contributed by atoms with Gasteiger partial charge in [0.05, 0.1) is 6.04 Å². The Kier molecular flexibility index (Phi) is 5.96. The van der Waals surface area contributed by atoms with Gasteiger partial charge in [-0.15, -0.1) is 0 Å². The molecule has 1 aromatic carbocycles. The Hall–Kier alpha value is -2.63. The second-order valence-electron chi connectivity index (χ2n) is 6.44. The highest BCUT2D eigenvalue weighted by Gasteiger charge is 2.24. The summed E-state index contributed by atoms with van der Waals surface area (Å²) in [7, 11) is 0. The topological polar surface area (TPSA) is 84.2 Å². The van der Waals surface area contributed by atoms with Gasteiger partial charge in [0, 0.05) is 0 Å². The number of aromatic nitrogens is 1. The number of hydrogen-bond acceptors (Lipinski definition) is 4. The number of carbonyl (C=O) groups is 2. The molecule has 0 bridgehead atoms. The smallest absolute Gasteiger partial charge is 0.313 e. The lowest BCUT2D eigenvalue weighted by Gasteiger charge is -2.23. The van der Waals surface area contributed by atoms with Crippen molar-refractivity contribution >= 4 is 17.5 Å². The Morgan fingerprint density at radius 2 is 1.76 bits per heavy atom. The third-order valence-corrected chi connectivity index (χ3v) is 4.18. The molecular formula is C19H25N3O3. The summed E-state index contributed by atoms with van der Waals surface area (Å²) in [6.07, 6.45) is 0.957. The van der Waals surface area contributed by atoms with Gasteiger partial charge in [-0.25, -0.2) is 0 Å². The van der Waals surface area contributed by atoms with Crippen LogP contribution in [0.1, 0.15) is 49.4 Å². The highest BCUT2D eigenvalue weighted by molar-refractivity contribution is 6.39. The van der Waals surface area contributed by atoms with E-state index in [0.717, 1.165) is 12.0 Å². The number of nitrogens with zero attached hydrogens (tertiary/aromatic N) is 1. The zero-order valence-electron chi connectivity index (χ0n) is 15.3. The van der Waals surface area contributed by atoms with Crippen molar-refractivity contribution in [3.8, 4) is 0 Å². The molecule has 0 saturated heterocycles. The van der Waals surface area contributed by atoms with Gasteiger partial charge in [0.15, 0.2) is 5.76 Å². The molecular weight excluding hydrogens is 318 g/mol. The Bertz CT molecular complexity index is 728. The molecule has 0 saturated carbocycles. The molecule has 2 aromatic rings. The summed E-state index contributed by atoms with van der Waals surface area (Å²) >= 11 is 0. The van der Waals surface area contributed by atoms with Crippen molar-refractivity contribution in [2.75, 3.05) is 5.32 Å². The van der Waals surface area contributed by atoms with E-state index < -0.39 is 11.8 Å². The molecule has 2 N–H and O–H groups in total. The maximum Gasteiger partial charge on any atom is 0.313 e. The van der Waals surface area contributed by atoms with Crippen molar-refractivity contribution in [3.05, 3.63) is 46.8 Å². The largest absolute Gasteiger partial charge is 0.359 e. The van der Waals surface area contributed by atoms with Crippen LogP contribution in [-0.2, 0) is 16.0 Å². The summed E-state index contributed by atoms with van der Waals surface area (Å²) in [4.78, 5) is 24.5. The van der Waals surface area contributed by atoms with Crippen molar-refractivity contribution in [2.24, 2.45) is 5.92 Å². The fraction of sp³-hybridized carbons (Fsp3) is 0.421. The molecule has 1 heterocycles. The van der Waals surface area contributed by atoms with Gasteiger partial charge in [-0.3, -0.25) is 9.59 Å². The van der Waals surface area contributed by atoms with E-state index in [4.69, 9.17) is 4.52 Å². The lowest BCUT2D eigenvalue weighted by Crippen LogP contribution is -2.39. The third kappa shape index (κ3) is 4.47. The van der Waals surface area contributed by atoms with Gasteiger partial charge in [-0.05, 0) is 37.3 Å². The van der Waals surface area contributed by atoms with E-state index in [0.29, 0.717) is 17.1 Å². The van der Waals surface area contributed by atoms with E-state index in [-0.39, 0.29) is 12.0 Å². The maximum atomic E-state index is 12.3. The molecule has 2 amide bonds. The van der Waals surface area contributed by atoms with Gasteiger partial charge in [-0.1, -0.05) is 50.2 Å². The number of anilines is 1. The molecule has 0 fully saturated rings. The maximum absolute atomic E-state index is 12.3. The third-order valence-electron chi connectivity index (χ3n) is 4.18. The van der Waals surface area contributed by atoms with Crippen LogP contribution in [0.15, 0.2) is 28.8 Å². The number of rotatable bonds is 5. The summed E-state index contributed by atoms with van der Waals surface area (Å²) in [5.41, 5.74) is 3.18. The molecule has 6 nitrogen and oxygen atoms in total. The van der Waals surface area contributed by atoms with Gasteiger partial charge in [0.1, 0.15) is 11.4 Å². The molecule has 2 rings (SSSR count). The first kappa shape index (κ1) is 18.7. The zero-order valence-corrected chi connectivity index (χ0v) is 15.3. The predicted octanol–water partition coefficient (Wildman–Crippen LogP) is 3.31. The van der Waals surface area contributed by atoms with Crippen LogP contribution in [0.4, 0.5) is 5.69 Å².